The number of nitrogens with zero attached hydrogens (tertiary/aromatic N) is 1. The highest BCUT2D eigenvalue weighted by Gasteiger charge is 2.31. The first-order chi connectivity index (χ1) is 11.5. The van der Waals surface area contributed by atoms with Crippen LogP contribution in [0.3, 0.4) is 0 Å². The van der Waals surface area contributed by atoms with Gasteiger partial charge >= 0.3 is 5.97 Å². The minimum Gasteiger partial charge on any atom is -0.481 e. The summed E-state index contributed by atoms with van der Waals surface area (Å²) in [7, 11) is 0. The zero-order valence-electron chi connectivity index (χ0n) is 14.5. The zero-order chi connectivity index (χ0) is 17.1. The Bertz CT molecular complexity index is 589. The Kier molecular flexibility index (Phi) is 5.29. The SMILES string of the molecule is C[C@H]1[C@H](C)CCC[C@@H]1N(CCC(=O)O)Cc1ccc2c(c1)OCO2. The molecule has 132 valence electrons. The van der Waals surface area contributed by atoms with Crippen molar-refractivity contribution in [2.24, 2.45) is 11.8 Å². The second kappa shape index (κ2) is 7.43. The molecule has 3 atom stereocenters. The second-order valence-corrected chi connectivity index (χ2v) is 7.14. The number of hydrogen-bond acceptors (Lipinski definition) is 4. The predicted molar refractivity (Wildman–Crippen MR) is 91.2 cm³/mol. The Morgan fingerprint density at radius 2 is 2.04 bits per heavy atom. The van der Waals surface area contributed by atoms with E-state index in [0.717, 1.165) is 30.0 Å². The molecular formula is C19H27NO4. The van der Waals surface area contributed by atoms with E-state index in [1.165, 1.54) is 12.8 Å². The average Bonchev–Trinajstić information content (AvgIpc) is 3.02. The van der Waals surface area contributed by atoms with Crippen molar-refractivity contribution >= 4 is 5.97 Å². The fourth-order valence-electron chi connectivity index (χ4n) is 3.94. The molecule has 1 aliphatic carbocycles. The van der Waals surface area contributed by atoms with Crippen molar-refractivity contribution in [2.75, 3.05) is 13.3 Å². The van der Waals surface area contributed by atoms with Crippen LogP contribution in [0.4, 0.5) is 0 Å². The molecule has 1 fully saturated rings. The number of aliphatic carboxylic acids is 1. The van der Waals surface area contributed by atoms with E-state index in [2.05, 4.69) is 24.8 Å². The molecule has 0 unspecified atom stereocenters. The minimum atomic E-state index is -0.734. The van der Waals surface area contributed by atoms with Gasteiger partial charge in [0.2, 0.25) is 6.79 Å². The summed E-state index contributed by atoms with van der Waals surface area (Å²) < 4.78 is 10.8. The third-order valence-corrected chi connectivity index (χ3v) is 5.57. The normalized spacial score (nSPS) is 25.9. The molecule has 0 saturated heterocycles. The maximum absolute atomic E-state index is 11.1. The Balaban J connectivity index is 1.75. The lowest BCUT2D eigenvalue weighted by Gasteiger charge is -2.41. The van der Waals surface area contributed by atoms with Gasteiger partial charge < -0.3 is 14.6 Å². The van der Waals surface area contributed by atoms with E-state index in [0.29, 0.717) is 24.4 Å². The predicted octanol–water partition coefficient (Wildman–Crippen LogP) is 3.52. The monoisotopic (exact) mass is 333 g/mol. The van der Waals surface area contributed by atoms with Crippen LogP contribution in [-0.2, 0) is 11.3 Å². The van der Waals surface area contributed by atoms with Gasteiger partial charge in [0.1, 0.15) is 0 Å². The van der Waals surface area contributed by atoms with E-state index in [1.54, 1.807) is 0 Å². The molecule has 5 nitrogen and oxygen atoms in total. The number of rotatable bonds is 6. The number of ether oxygens (including phenoxy) is 2. The Morgan fingerprint density at radius 3 is 2.83 bits per heavy atom. The van der Waals surface area contributed by atoms with Gasteiger partial charge in [0, 0.05) is 19.1 Å². The largest absolute Gasteiger partial charge is 0.481 e. The van der Waals surface area contributed by atoms with Crippen LogP contribution in [0.1, 0.15) is 45.1 Å². The molecule has 0 radical (unpaired) electrons. The second-order valence-electron chi connectivity index (χ2n) is 7.14. The molecule has 1 aliphatic heterocycles. The van der Waals surface area contributed by atoms with Crippen molar-refractivity contribution in [3.8, 4) is 11.5 Å². The third-order valence-electron chi connectivity index (χ3n) is 5.57. The minimum absolute atomic E-state index is 0.183. The lowest BCUT2D eigenvalue weighted by Crippen LogP contribution is -2.44. The molecule has 24 heavy (non-hydrogen) atoms. The van der Waals surface area contributed by atoms with E-state index >= 15 is 0 Å². The van der Waals surface area contributed by atoms with Gasteiger partial charge in [-0.3, -0.25) is 9.69 Å². The molecule has 2 aliphatic rings. The summed E-state index contributed by atoms with van der Waals surface area (Å²) in [5.74, 6) is 2.11. The molecule has 1 saturated carbocycles. The summed E-state index contributed by atoms with van der Waals surface area (Å²) >= 11 is 0. The van der Waals surface area contributed by atoms with Gasteiger partial charge in [-0.25, -0.2) is 0 Å². The summed E-state index contributed by atoms with van der Waals surface area (Å²) in [6, 6.07) is 6.46. The summed E-state index contributed by atoms with van der Waals surface area (Å²) in [6.07, 6.45) is 3.83. The van der Waals surface area contributed by atoms with Crippen molar-refractivity contribution in [2.45, 2.75) is 52.1 Å². The van der Waals surface area contributed by atoms with Crippen LogP contribution in [0.5, 0.6) is 11.5 Å². The third kappa shape index (κ3) is 3.83. The molecular weight excluding hydrogens is 306 g/mol. The van der Waals surface area contributed by atoms with E-state index in [-0.39, 0.29) is 13.2 Å². The molecule has 5 heteroatoms. The molecule has 3 rings (SSSR count). The van der Waals surface area contributed by atoms with Crippen molar-refractivity contribution < 1.29 is 19.4 Å². The summed E-state index contributed by atoms with van der Waals surface area (Å²) in [5, 5.41) is 9.11. The van der Waals surface area contributed by atoms with Gasteiger partial charge in [-0.2, -0.15) is 0 Å². The fourth-order valence-corrected chi connectivity index (χ4v) is 3.94. The molecule has 1 aromatic rings. The van der Waals surface area contributed by atoms with Crippen molar-refractivity contribution in [1.82, 2.24) is 4.90 Å². The Morgan fingerprint density at radius 1 is 1.25 bits per heavy atom. The summed E-state index contributed by atoms with van der Waals surface area (Å²) in [4.78, 5) is 13.4. The highest BCUT2D eigenvalue weighted by molar-refractivity contribution is 5.66. The van der Waals surface area contributed by atoms with Crippen molar-refractivity contribution in [1.29, 1.82) is 0 Å². The van der Waals surface area contributed by atoms with E-state index < -0.39 is 5.97 Å². The molecule has 0 aromatic heterocycles. The smallest absolute Gasteiger partial charge is 0.304 e. The van der Waals surface area contributed by atoms with Crippen LogP contribution < -0.4 is 9.47 Å². The van der Waals surface area contributed by atoms with E-state index in [9.17, 15) is 4.79 Å². The topological polar surface area (TPSA) is 59.0 Å². The van der Waals surface area contributed by atoms with Gasteiger partial charge in [-0.1, -0.05) is 32.8 Å². The lowest BCUT2D eigenvalue weighted by molar-refractivity contribution is -0.137. The van der Waals surface area contributed by atoms with E-state index in [4.69, 9.17) is 14.6 Å². The first kappa shape index (κ1) is 17.1. The molecule has 0 bridgehead atoms. The van der Waals surface area contributed by atoms with Gasteiger partial charge in [-0.05, 0) is 36.0 Å². The summed E-state index contributed by atoms with van der Waals surface area (Å²) in [5.41, 5.74) is 1.15. The quantitative estimate of drug-likeness (QED) is 0.863. The zero-order valence-corrected chi connectivity index (χ0v) is 14.5. The molecule has 0 spiro atoms. The molecule has 1 heterocycles. The van der Waals surface area contributed by atoms with Crippen LogP contribution >= 0.6 is 0 Å². The molecule has 0 amide bonds. The fraction of sp³-hybridized carbons (Fsp3) is 0.632. The highest BCUT2D eigenvalue weighted by atomic mass is 16.7. The standard InChI is InChI=1S/C19H27NO4/c1-13-4-3-5-16(14(13)2)20(9-8-19(21)22)11-15-6-7-17-18(10-15)24-12-23-17/h6-7,10,13-14,16H,3-5,8-9,11-12H2,1-2H3,(H,21,22)/t13-,14+,16+/m1/s1. The van der Waals surface area contributed by atoms with Crippen LogP contribution in [0.2, 0.25) is 0 Å². The van der Waals surface area contributed by atoms with Crippen molar-refractivity contribution in [3.63, 3.8) is 0 Å². The summed E-state index contributed by atoms with van der Waals surface area (Å²) in [6.45, 7) is 6.24. The van der Waals surface area contributed by atoms with Crippen LogP contribution in [0.15, 0.2) is 18.2 Å². The van der Waals surface area contributed by atoms with Gasteiger partial charge in [0.05, 0.1) is 6.42 Å². The highest BCUT2D eigenvalue weighted by Crippen LogP contribution is 2.36. The number of carbonyl (C=O) groups is 1. The lowest BCUT2D eigenvalue weighted by atomic mass is 9.77. The Labute approximate surface area is 143 Å². The first-order valence-electron chi connectivity index (χ1n) is 8.89. The van der Waals surface area contributed by atoms with Gasteiger partial charge in [0.25, 0.3) is 0 Å². The number of fused-ring (bicyclic) bond motifs is 1. The maximum atomic E-state index is 11.1. The number of carboxylic acid groups (broad SMARTS) is 1. The maximum Gasteiger partial charge on any atom is 0.304 e. The average molecular weight is 333 g/mol. The Hall–Kier alpha value is -1.75. The van der Waals surface area contributed by atoms with Gasteiger partial charge in [0.15, 0.2) is 11.5 Å². The van der Waals surface area contributed by atoms with Crippen LogP contribution in [0.25, 0.3) is 0 Å². The van der Waals surface area contributed by atoms with Crippen LogP contribution in [0, 0.1) is 11.8 Å². The number of hydrogen-bond donors (Lipinski definition) is 1. The van der Waals surface area contributed by atoms with Crippen LogP contribution in [-0.4, -0.2) is 35.4 Å². The van der Waals surface area contributed by atoms with E-state index in [1.807, 2.05) is 12.1 Å². The number of carboxylic acids is 1. The molecule has 1 aromatic carbocycles. The number of benzene rings is 1. The van der Waals surface area contributed by atoms with Crippen molar-refractivity contribution in [3.05, 3.63) is 23.8 Å². The first-order valence-corrected chi connectivity index (χ1v) is 8.89. The molecule has 1 N–H and O–H groups in total. The van der Waals surface area contributed by atoms with Gasteiger partial charge in [-0.15, -0.1) is 0 Å².